The Morgan fingerprint density at radius 2 is 1.16 bits per heavy atom. The summed E-state index contributed by atoms with van der Waals surface area (Å²) in [4.78, 5) is 21.1. The lowest BCUT2D eigenvalue weighted by Crippen LogP contribution is -2.02. The van der Waals surface area contributed by atoms with Gasteiger partial charge in [-0.2, -0.15) is 0 Å². The first-order valence-corrected chi connectivity index (χ1v) is 9.09. The number of benzene rings is 3. The molecule has 3 aromatic carbocycles. The van der Waals surface area contributed by atoms with Gasteiger partial charge in [-0.1, -0.05) is 11.6 Å². The molecule has 0 aromatic heterocycles. The molecule has 0 bridgehead atoms. The van der Waals surface area contributed by atoms with Crippen LogP contribution in [0.3, 0.4) is 0 Å². The molecule has 0 atom stereocenters. The number of nitro groups is 2. The monoisotopic (exact) mass is 446 g/mol. The minimum absolute atomic E-state index is 0.146. The Labute approximate surface area is 180 Å². The molecule has 0 saturated carbocycles. The zero-order valence-electron chi connectivity index (χ0n) is 15.7. The minimum Gasteiger partial charge on any atom is -0.508 e. The number of phenolic OH excluding ortho intramolecular Hbond substituents is 2. The van der Waals surface area contributed by atoms with Crippen molar-refractivity contribution in [3.05, 3.63) is 91.0 Å². The van der Waals surface area contributed by atoms with Crippen molar-refractivity contribution in [2.75, 3.05) is 0 Å². The van der Waals surface area contributed by atoms with E-state index in [0.717, 1.165) is 0 Å². The Bertz CT molecular complexity index is 1070. The van der Waals surface area contributed by atoms with Crippen LogP contribution in [0.25, 0.3) is 0 Å². The molecule has 2 N–H and O–H groups in total. The Hall–Kier alpha value is -4.05. The van der Waals surface area contributed by atoms with E-state index in [9.17, 15) is 30.4 Å². The molecule has 0 unspecified atom stereocenters. The molecule has 0 aliphatic rings. The van der Waals surface area contributed by atoms with Crippen molar-refractivity contribution in [1.29, 1.82) is 0 Å². The van der Waals surface area contributed by atoms with Crippen LogP contribution in [0, 0.1) is 20.2 Å². The maximum Gasteiger partial charge on any atom is 0.276 e. The van der Waals surface area contributed by atoms with E-state index < -0.39 is 9.85 Å². The van der Waals surface area contributed by atoms with Gasteiger partial charge in [-0.15, -0.1) is 0 Å². The highest BCUT2D eigenvalue weighted by atomic mass is 35.5. The molecule has 0 aliphatic carbocycles. The predicted octanol–water partition coefficient (Wildman–Crippen LogP) is 4.73. The van der Waals surface area contributed by atoms with Crippen LogP contribution >= 0.6 is 11.6 Å². The summed E-state index contributed by atoms with van der Waals surface area (Å²) < 4.78 is 11.1. The van der Waals surface area contributed by atoms with Gasteiger partial charge in [-0.05, 0) is 36.4 Å². The zero-order valence-corrected chi connectivity index (χ0v) is 16.5. The molecule has 0 radical (unpaired) electrons. The number of halogens is 1. The normalized spacial score (nSPS) is 10.5. The fourth-order valence-corrected chi connectivity index (χ4v) is 2.97. The van der Waals surface area contributed by atoms with Crippen molar-refractivity contribution >= 4 is 23.0 Å². The van der Waals surface area contributed by atoms with Crippen LogP contribution < -0.4 is 9.47 Å². The van der Waals surface area contributed by atoms with Gasteiger partial charge in [-0.25, -0.2) is 0 Å². The third kappa shape index (κ3) is 5.52. The van der Waals surface area contributed by atoms with E-state index in [-0.39, 0.29) is 63.7 Å². The van der Waals surface area contributed by atoms with Crippen molar-refractivity contribution in [2.24, 2.45) is 0 Å². The Morgan fingerprint density at radius 1 is 0.742 bits per heavy atom. The van der Waals surface area contributed by atoms with Gasteiger partial charge in [0.2, 0.25) is 0 Å². The van der Waals surface area contributed by atoms with Crippen LogP contribution in [0.15, 0.2) is 54.6 Å². The van der Waals surface area contributed by atoms with Crippen molar-refractivity contribution in [2.45, 2.75) is 13.2 Å². The van der Waals surface area contributed by atoms with Crippen LogP contribution in [0.5, 0.6) is 23.0 Å². The van der Waals surface area contributed by atoms with E-state index in [2.05, 4.69) is 0 Å². The first kappa shape index (κ1) is 21.7. The van der Waals surface area contributed by atoms with Crippen LogP contribution in [0.4, 0.5) is 11.4 Å². The quantitative estimate of drug-likeness (QED) is 0.373. The number of nitrogens with zero attached hydrogens (tertiary/aromatic N) is 2. The van der Waals surface area contributed by atoms with Gasteiger partial charge in [0, 0.05) is 23.2 Å². The maximum atomic E-state index is 11.1. The smallest absolute Gasteiger partial charge is 0.276 e. The summed E-state index contributed by atoms with van der Waals surface area (Å²) in [6.07, 6.45) is 0. The molecule has 10 nitrogen and oxygen atoms in total. The highest BCUT2D eigenvalue weighted by Gasteiger charge is 2.17. The van der Waals surface area contributed by atoms with Crippen LogP contribution in [0.2, 0.25) is 5.02 Å². The van der Waals surface area contributed by atoms with Gasteiger partial charge >= 0.3 is 0 Å². The minimum atomic E-state index is -0.590. The number of nitro benzene ring substituents is 2. The van der Waals surface area contributed by atoms with Crippen LogP contribution in [0.1, 0.15) is 11.1 Å². The Morgan fingerprint density at radius 3 is 1.55 bits per heavy atom. The van der Waals surface area contributed by atoms with E-state index in [4.69, 9.17) is 21.1 Å². The summed E-state index contributed by atoms with van der Waals surface area (Å²) in [6, 6.07) is 11.6. The number of rotatable bonds is 8. The van der Waals surface area contributed by atoms with Gasteiger partial charge in [0.1, 0.15) is 36.2 Å². The number of aromatic hydroxyl groups is 2. The SMILES string of the molecule is O=[N+]([O-])c1ccc(O)cc1COc1cc(Cl)cc(OCc2cc(O)ccc2[N+](=O)[O-])c1. The fourth-order valence-electron chi connectivity index (χ4n) is 2.76. The van der Waals surface area contributed by atoms with Crippen molar-refractivity contribution in [3.63, 3.8) is 0 Å². The topological polar surface area (TPSA) is 145 Å². The first-order valence-electron chi connectivity index (χ1n) is 8.71. The van der Waals surface area contributed by atoms with E-state index >= 15 is 0 Å². The predicted molar refractivity (Wildman–Crippen MR) is 110 cm³/mol. The van der Waals surface area contributed by atoms with E-state index in [1.165, 1.54) is 54.6 Å². The van der Waals surface area contributed by atoms with E-state index in [0.29, 0.717) is 0 Å². The Kier molecular flexibility index (Phi) is 6.41. The summed E-state index contributed by atoms with van der Waals surface area (Å²) in [5.74, 6) is 0.162. The summed E-state index contributed by atoms with van der Waals surface area (Å²) >= 11 is 6.07. The fraction of sp³-hybridized carbons (Fsp3) is 0.100. The van der Waals surface area contributed by atoms with E-state index in [1.807, 2.05) is 0 Å². The molecule has 160 valence electrons. The zero-order chi connectivity index (χ0) is 22.5. The first-order chi connectivity index (χ1) is 14.7. The van der Waals surface area contributed by atoms with Crippen molar-refractivity contribution < 1.29 is 29.5 Å². The lowest BCUT2D eigenvalue weighted by Gasteiger charge is -2.11. The van der Waals surface area contributed by atoms with Crippen LogP contribution in [-0.2, 0) is 13.2 Å². The molecule has 0 saturated heterocycles. The second-order valence-electron chi connectivity index (χ2n) is 6.34. The van der Waals surface area contributed by atoms with E-state index in [1.54, 1.807) is 0 Å². The summed E-state index contributed by atoms with van der Waals surface area (Å²) in [5, 5.41) is 41.7. The highest BCUT2D eigenvalue weighted by Crippen LogP contribution is 2.30. The number of hydrogen-bond donors (Lipinski definition) is 2. The summed E-state index contributed by atoms with van der Waals surface area (Å²) in [6.45, 7) is -0.439. The Balaban J connectivity index is 1.76. The number of ether oxygens (including phenoxy) is 2. The lowest BCUT2D eigenvalue weighted by atomic mass is 10.2. The molecular formula is C20H15ClN2O8. The molecule has 11 heteroatoms. The summed E-state index contributed by atoms with van der Waals surface area (Å²) in [7, 11) is 0. The van der Waals surface area contributed by atoms with Gasteiger partial charge in [0.25, 0.3) is 11.4 Å². The molecule has 0 heterocycles. The van der Waals surface area contributed by atoms with Gasteiger partial charge in [0.15, 0.2) is 0 Å². The molecular weight excluding hydrogens is 432 g/mol. The highest BCUT2D eigenvalue weighted by molar-refractivity contribution is 6.30. The van der Waals surface area contributed by atoms with Gasteiger partial charge in [0.05, 0.1) is 21.0 Å². The molecule has 0 aliphatic heterocycles. The molecule has 0 fully saturated rings. The third-order valence-corrected chi connectivity index (χ3v) is 4.37. The molecule has 3 rings (SSSR count). The van der Waals surface area contributed by atoms with Crippen molar-refractivity contribution in [1.82, 2.24) is 0 Å². The molecule has 0 spiro atoms. The lowest BCUT2D eigenvalue weighted by molar-refractivity contribution is -0.386. The average molecular weight is 447 g/mol. The van der Waals surface area contributed by atoms with Crippen molar-refractivity contribution in [3.8, 4) is 23.0 Å². The third-order valence-electron chi connectivity index (χ3n) is 4.15. The second-order valence-corrected chi connectivity index (χ2v) is 6.78. The summed E-state index contributed by atoms with van der Waals surface area (Å²) in [5.41, 5.74) is -0.120. The molecule has 0 amide bonds. The standard InChI is InChI=1S/C20H15ClN2O8/c21-14-7-17(30-10-12-5-15(24)1-3-19(12)22(26)27)9-18(8-14)31-11-13-6-16(25)2-4-20(13)23(28)29/h1-9,24-25H,10-11H2. The molecule has 3 aromatic rings. The second kappa shape index (κ2) is 9.18. The number of phenols is 2. The maximum absolute atomic E-state index is 11.1. The van der Waals surface area contributed by atoms with Gasteiger partial charge < -0.3 is 19.7 Å². The molecule has 31 heavy (non-hydrogen) atoms. The largest absolute Gasteiger partial charge is 0.508 e. The number of hydrogen-bond acceptors (Lipinski definition) is 8. The van der Waals surface area contributed by atoms with Crippen LogP contribution in [-0.4, -0.2) is 20.1 Å². The average Bonchev–Trinajstić information content (AvgIpc) is 2.70. The van der Waals surface area contributed by atoms with Gasteiger partial charge in [-0.3, -0.25) is 20.2 Å².